The molecular weight excluding hydrogens is 897 g/mol. The predicted molar refractivity (Wildman–Crippen MR) is 283 cm³/mol. The minimum Gasteiger partial charge on any atom is -0.467 e. The van der Waals surface area contributed by atoms with Gasteiger partial charge in [-0.05, 0) is 109 Å². The first-order valence-electron chi connectivity index (χ1n) is 26.9. The van der Waals surface area contributed by atoms with Gasteiger partial charge in [0, 0.05) is 107 Å². The standard InChI is InChI=1S/C56H89N8O7/c1-11-44-19-21-62(32-44)51(34-66)42(4)64(35-56(36-64)38-70-39-56)52(50(33-65)57-8)20-22-59(27-28-68-9)45-15-17-47(18-16-45)63(12-2)54(41(3)30-55(6,7)37-71-40-67)49-29-48(31-58-53(49)43(5)69-10)61-25-23-60(24-26-61)46-13-14-46/h15-18,29,31,33-34,40,42-44,46,50-52,57H,11-14,19-28,30,32,35-39H2,1-10H3/q+1/b54-41+/t42?,43?,44-,50?,51?,52?/m1/s1. The van der Waals surface area contributed by atoms with E-state index in [0.717, 1.165) is 136 Å². The molecule has 5 aliphatic rings. The minimum atomic E-state index is -0.385. The highest BCUT2D eigenvalue weighted by atomic mass is 16.5. The molecule has 1 aromatic heterocycles. The van der Waals surface area contributed by atoms with Gasteiger partial charge >= 0.3 is 0 Å². The molecule has 1 spiro atoms. The molecule has 5 fully saturated rings. The molecule has 7 rings (SSSR count). The van der Waals surface area contributed by atoms with E-state index < -0.39 is 0 Å². The fourth-order valence-corrected chi connectivity index (χ4v) is 12.9. The maximum Gasteiger partial charge on any atom is 0.293 e. The Morgan fingerprint density at radius 3 is 2.24 bits per heavy atom. The number of carbonyl (C=O) groups is 3. The molecule has 0 amide bonds. The highest BCUT2D eigenvalue weighted by Crippen LogP contribution is 2.49. The predicted octanol–water partition coefficient (Wildman–Crippen LogP) is 6.45. The molecule has 4 saturated heterocycles. The van der Waals surface area contributed by atoms with Gasteiger partial charge in [0.05, 0.1) is 63.2 Å². The second-order valence-electron chi connectivity index (χ2n) is 22.5. The Kier molecular flexibility index (Phi) is 18.8. The molecule has 5 heterocycles. The summed E-state index contributed by atoms with van der Waals surface area (Å²) in [6.07, 6.45) is 10.4. The summed E-state index contributed by atoms with van der Waals surface area (Å²) in [6.45, 7) is 27.9. The van der Waals surface area contributed by atoms with Crippen LogP contribution in [0.15, 0.2) is 42.1 Å². The molecule has 394 valence electrons. The number of ether oxygens (including phenoxy) is 4. The van der Waals surface area contributed by atoms with Crippen molar-refractivity contribution in [2.75, 3.05) is 134 Å². The molecule has 1 aliphatic carbocycles. The third-order valence-electron chi connectivity index (χ3n) is 17.1. The topological polar surface area (TPSA) is 129 Å². The Morgan fingerprint density at radius 2 is 1.69 bits per heavy atom. The van der Waals surface area contributed by atoms with E-state index >= 15 is 0 Å². The van der Waals surface area contributed by atoms with Crippen LogP contribution < -0.4 is 20.0 Å². The van der Waals surface area contributed by atoms with Crippen LogP contribution in [0.5, 0.6) is 0 Å². The van der Waals surface area contributed by atoms with Gasteiger partial charge < -0.3 is 53.0 Å². The molecule has 1 saturated carbocycles. The van der Waals surface area contributed by atoms with Crippen molar-refractivity contribution < 1.29 is 37.8 Å². The third-order valence-corrected chi connectivity index (χ3v) is 17.1. The number of likely N-dealkylation sites (N-methyl/N-ethyl adjacent to an activating group) is 1. The minimum absolute atomic E-state index is 0.0107. The number of methoxy groups -OCH3 is 2. The van der Waals surface area contributed by atoms with Crippen LogP contribution in [0.25, 0.3) is 5.70 Å². The van der Waals surface area contributed by atoms with Crippen molar-refractivity contribution in [3.63, 3.8) is 0 Å². The number of piperazine rings is 1. The number of hydrogen-bond donors (Lipinski definition) is 1. The molecule has 1 N–H and O–H groups in total. The smallest absolute Gasteiger partial charge is 0.293 e. The van der Waals surface area contributed by atoms with Crippen molar-refractivity contribution in [1.29, 1.82) is 0 Å². The third kappa shape index (κ3) is 12.4. The summed E-state index contributed by atoms with van der Waals surface area (Å²) >= 11 is 0. The monoisotopic (exact) mass is 986 g/mol. The average molecular weight is 986 g/mol. The number of hydrogen-bond acceptors (Lipinski definition) is 14. The molecule has 1 aromatic carbocycles. The lowest BCUT2D eigenvalue weighted by atomic mass is 9.71. The molecule has 0 radical (unpaired) electrons. The average Bonchev–Trinajstić information content (AvgIpc) is 4.11. The number of aldehydes is 2. The number of pyridine rings is 1. The first kappa shape index (κ1) is 54.8. The number of quaternary nitrogens is 1. The fraction of sp³-hybridized carbons (Fsp3) is 0.714. The lowest BCUT2D eigenvalue weighted by Crippen LogP contribution is -2.84. The number of allylic oxidation sites excluding steroid dienone is 1. The van der Waals surface area contributed by atoms with Crippen LogP contribution >= 0.6 is 0 Å². The number of benzene rings is 1. The summed E-state index contributed by atoms with van der Waals surface area (Å²) in [5.74, 6) is 0.609. The van der Waals surface area contributed by atoms with E-state index in [0.29, 0.717) is 51.7 Å². The normalized spacial score (nSPS) is 22.6. The summed E-state index contributed by atoms with van der Waals surface area (Å²) in [5, 5.41) is 3.41. The highest BCUT2D eigenvalue weighted by Gasteiger charge is 2.66. The number of rotatable bonds is 29. The van der Waals surface area contributed by atoms with Crippen molar-refractivity contribution in [3.05, 3.63) is 53.4 Å². The number of nitrogens with one attached hydrogen (secondary N) is 1. The van der Waals surface area contributed by atoms with Gasteiger partial charge in [-0.1, -0.05) is 27.2 Å². The molecule has 6 atom stereocenters. The van der Waals surface area contributed by atoms with E-state index in [1.54, 1.807) is 14.2 Å². The van der Waals surface area contributed by atoms with Crippen molar-refractivity contribution in [2.45, 2.75) is 123 Å². The van der Waals surface area contributed by atoms with Crippen LogP contribution in [0, 0.1) is 16.7 Å². The maximum atomic E-state index is 13.2. The van der Waals surface area contributed by atoms with Crippen LogP contribution in [-0.4, -0.2) is 188 Å². The van der Waals surface area contributed by atoms with Crippen LogP contribution in [-0.2, 0) is 33.3 Å². The number of carbonyl (C=O) groups excluding carboxylic acids is 3. The zero-order valence-corrected chi connectivity index (χ0v) is 45.1. The van der Waals surface area contributed by atoms with Crippen molar-refractivity contribution in [1.82, 2.24) is 20.1 Å². The summed E-state index contributed by atoms with van der Waals surface area (Å²) < 4.78 is 23.7. The van der Waals surface area contributed by atoms with Crippen LogP contribution in [0.1, 0.15) is 104 Å². The van der Waals surface area contributed by atoms with Crippen LogP contribution in [0.4, 0.5) is 17.1 Å². The zero-order valence-electron chi connectivity index (χ0n) is 45.1. The van der Waals surface area contributed by atoms with Gasteiger partial charge in [0.1, 0.15) is 42.2 Å². The zero-order chi connectivity index (χ0) is 50.9. The Morgan fingerprint density at radius 1 is 0.986 bits per heavy atom. The molecule has 15 heteroatoms. The number of anilines is 3. The van der Waals surface area contributed by atoms with Gasteiger partial charge in [-0.2, -0.15) is 0 Å². The Hall–Kier alpha value is -3.96. The van der Waals surface area contributed by atoms with Gasteiger partial charge in [-0.3, -0.25) is 19.6 Å². The quantitative estimate of drug-likeness (QED) is 0.0708. The summed E-state index contributed by atoms with van der Waals surface area (Å²) in [7, 11) is 5.38. The summed E-state index contributed by atoms with van der Waals surface area (Å²) in [5.41, 5.74) is 7.18. The van der Waals surface area contributed by atoms with Crippen LogP contribution in [0.2, 0.25) is 0 Å². The lowest BCUT2D eigenvalue weighted by molar-refractivity contribution is -1.03. The van der Waals surface area contributed by atoms with Crippen molar-refractivity contribution >= 4 is 41.8 Å². The van der Waals surface area contributed by atoms with Gasteiger partial charge in [0.15, 0.2) is 0 Å². The molecule has 15 nitrogen and oxygen atoms in total. The number of aromatic nitrogens is 1. The number of likely N-dealkylation sites (tertiary alicyclic amines) is 2. The molecule has 71 heavy (non-hydrogen) atoms. The van der Waals surface area contributed by atoms with Crippen molar-refractivity contribution in [3.8, 4) is 0 Å². The molecule has 2 aromatic rings. The van der Waals surface area contributed by atoms with Crippen LogP contribution in [0.3, 0.4) is 0 Å². The summed E-state index contributed by atoms with van der Waals surface area (Å²) in [4.78, 5) is 55.2. The maximum absolute atomic E-state index is 13.2. The highest BCUT2D eigenvalue weighted by molar-refractivity contribution is 5.84. The Labute approximate surface area is 426 Å². The van der Waals surface area contributed by atoms with Crippen molar-refractivity contribution in [2.24, 2.45) is 16.7 Å². The van der Waals surface area contributed by atoms with Gasteiger partial charge in [0.2, 0.25) is 0 Å². The fourth-order valence-electron chi connectivity index (χ4n) is 12.9. The second kappa shape index (κ2) is 24.4. The molecular formula is C56H89N8O7+. The van der Waals surface area contributed by atoms with Gasteiger partial charge in [-0.25, -0.2) is 0 Å². The Balaban J connectivity index is 1.21. The van der Waals surface area contributed by atoms with E-state index in [1.165, 1.54) is 24.7 Å². The molecule has 4 aliphatic heterocycles. The lowest BCUT2D eigenvalue weighted by Gasteiger charge is -2.67. The van der Waals surface area contributed by atoms with E-state index in [4.69, 9.17) is 23.9 Å². The number of nitrogens with zero attached hydrogens (tertiary/aromatic N) is 7. The largest absolute Gasteiger partial charge is 0.467 e. The summed E-state index contributed by atoms with van der Waals surface area (Å²) in [6, 6.07) is 11.3. The SMILES string of the molecule is CC[C@@H]1CCN(C(C=O)C(C)[N+]2(C(CCN(CCOC)c3ccc(N(CC)/C(=C(\C)CC(C)(C)COC=O)c4cc(N5CCN(C6CC6)CC5)cnc4C(C)OC)cc3)C(C=O)NC)CC3(COC3)C2)C1. The van der Waals surface area contributed by atoms with E-state index in [1.807, 2.05) is 13.2 Å². The molecule has 0 bridgehead atoms. The van der Waals surface area contributed by atoms with E-state index in [-0.39, 0.29) is 41.1 Å². The first-order chi connectivity index (χ1) is 34.2. The van der Waals surface area contributed by atoms with E-state index in [2.05, 4.69) is 109 Å². The molecule has 5 unspecified atom stereocenters. The van der Waals surface area contributed by atoms with Gasteiger partial charge in [-0.15, -0.1) is 0 Å². The van der Waals surface area contributed by atoms with E-state index in [9.17, 15) is 14.4 Å². The van der Waals surface area contributed by atoms with Gasteiger partial charge in [0.25, 0.3) is 6.47 Å². The first-order valence-corrected chi connectivity index (χ1v) is 26.9. The second-order valence-corrected chi connectivity index (χ2v) is 22.5. The Bertz CT molecular complexity index is 2080.